The first-order valence-electron chi connectivity index (χ1n) is 12.9. The molecule has 5 aromatic carbocycles. The molecule has 6 heteroatoms. The number of anilines is 1. The summed E-state index contributed by atoms with van der Waals surface area (Å²) in [5, 5.41) is 7.72. The number of carbonyl (C=O) groups excluding carboxylic acids is 3. The minimum Gasteiger partial charge on any atom is -0.321 e. The van der Waals surface area contributed by atoms with E-state index < -0.39 is 11.8 Å². The third-order valence-corrected chi connectivity index (χ3v) is 6.90. The molecule has 0 spiro atoms. The molecule has 0 saturated heterocycles. The van der Waals surface area contributed by atoms with Crippen LogP contribution < -0.4 is 10.6 Å². The van der Waals surface area contributed by atoms with Gasteiger partial charge in [0, 0.05) is 21.3 Å². The number of carbonyl (C=O) groups is 3. The van der Waals surface area contributed by atoms with E-state index in [1.54, 1.807) is 60.7 Å². The van der Waals surface area contributed by atoms with Crippen molar-refractivity contribution >= 4 is 62.1 Å². The first kappa shape index (κ1) is 27.5. The van der Waals surface area contributed by atoms with Gasteiger partial charge in [-0.1, -0.05) is 94.8 Å². The van der Waals surface area contributed by atoms with E-state index in [0.717, 1.165) is 26.4 Å². The zero-order valence-corrected chi connectivity index (χ0v) is 23.5. The Balaban J connectivity index is 1.31. The molecule has 2 N–H and O–H groups in total. The number of benzene rings is 5. The Kier molecular flexibility index (Phi) is 8.62. The third-order valence-electron chi connectivity index (χ3n) is 6.37. The van der Waals surface area contributed by atoms with Crippen molar-refractivity contribution in [2.24, 2.45) is 0 Å². The summed E-state index contributed by atoms with van der Waals surface area (Å²) in [4.78, 5) is 38.9. The lowest BCUT2D eigenvalue weighted by atomic mass is 10.0. The zero-order valence-electron chi connectivity index (χ0n) is 21.9. The Morgan fingerprint density at radius 2 is 1.34 bits per heavy atom. The fraction of sp³-hybridized carbons (Fsp3) is 0. The van der Waals surface area contributed by atoms with Gasteiger partial charge in [0.1, 0.15) is 5.70 Å². The lowest BCUT2D eigenvalue weighted by molar-refractivity contribution is -0.113. The smallest absolute Gasteiger partial charge is 0.272 e. The largest absolute Gasteiger partial charge is 0.321 e. The number of halogens is 1. The third kappa shape index (κ3) is 7.12. The van der Waals surface area contributed by atoms with Crippen molar-refractivity contribution in [3.63, 3.8) is 0 Å². The molecule has 0 aliphatic rings. The van der Waals surface area contributed by atoms with Crippen LogP contribution in [0, 0.1) is 0 Å². The molecule has 5 rings (SSSR count). The molecule has 0 atom stereocenters. The number of amides is 2. The molecule has 5 nitrogen and oxygen atoms in total. The maximum atomic E-state index is 13.3. The molecule has 5 aromatic rings. The highest BCUT2D eigenvalue weighted by molar-refractivity contribution is 9.10. The highest BCUT2D eigenvalue weighted by atomic mass is 79.9. The van der Waals surface area contributed by atoms with Gasteiger partial charge < -0.3 is 10.6 Å². The fourth-order valence-corrected chi connectivity index (χ4v) is 4.51. The normalized spacial score (nSPS) is 11.4. The number of rotatable bonds is 8. The van der Waals surface area contributed by atoms with Crippen molar-refractivity contribution in [3.8, 4) is 0 Å². The summed E-state index contributed by atoms with van der Waals surface area (Å²) in [6, 6.07) is 36.7. The van der Waals surface area contributed by atoms with Gasteiger partial charge in [-0.3, -0.25) is 14.4 Å². The predicted molar refractivity (Wildman–Crippen MR) is 168 cm³/mol. The monoisotopic (exact) mass is 600 g/mol. The van der Waals surface area contributed by atoms with E-state index in [4.69, 9.17) is 0 Å². The molecule has 0 heterocycles. The summed E-state index contributed by atoms with van der Waals surface area (Å²) < 4.78 is 0.899. The van der Waals surface area contributed by atoms with Crippen LogP contribution in [0.5, 0.6) is 0 Å². The molecule has 41 heavy (non-hydrogen) atoms. The van der Waals surface area contributed by atoms with E-state index in [1.165, 1.54) is 0 Å². The van der Waals surface area contributed by atoms with Crippen molar-refractivity contribution in [1.82, 2.24) is 5.32 Å². The van der Waals surface area contributed by atoms with Crippen LogP contribution in [0.4, 0.5) is 5.69 Å². The number of fused-ring (bicyclic) bond motifs is 1. The number of allylic oxidation sites excluding steroid dienone is 1. The lowest BCUT2D eigenvalue weighted by Crippen LogP contribution is -2.30. The summed E-state index contributed by atoms with van der Waals surface area (Å²) in [5.74, 6) is -1.04. The fourth-order valence-electron chi connectivity index (χ4n) is 4.24. The van der Waals surface area contributed by atoms with Gasteiger partial charge in [-0.25, -0.2) is 0 Å². The summed E-state index contributed by atoms with van der Waals surface area (Å²) in [7, 11) is 0. The van der Waals surface area contributed by atoms with Crippen molar-refractivity contribution in [2.45, 2.75) is 0 Å². The molecule has 0 aliphatic carbocycles. The van der Waals surface area contributed by atoms with E-state index in [1.807, 2.05) is 78.9 Å². The van der Waals surface area contributed by atoms with E-state index >= 15 is 0 Å². The van der Waals surface area contributed by atoms with Crippen LogP contribution in [0.15, 0.2) is 138 Å². The molecule has 0 aromatic heterocycles. The Morgan fingerprint density at radius 3 is 2.10 bits per heavy atom. The van der Waals surface area contributed by atoms with Crippen LogP contribution in [0.3, 0.4) is 0 Å². The Morgan fingerprint density at radius 1 is 0.659 bits per heavy atom. The van der Waals surface area contributed by atoms with E-state index in [9.17, 15) is 14.4 Å². The molecule has 0 aliphatic heterocycles. The summed E-state index contributed by atoms with van der Waals surface area (Å²) in [6.07, 6.45) is 4.97. The molecule has 0 saturated carbocycles. The zero-order chi connectivity index (χ0) is 28.6. The van der Waals surface area contributed by atoms with Crippen molar-refractivity contribution in [1.29, 1.82) is 0 Å². The second kappa shape index (κ2) is 12.9. The van der Waals surface area contributed by atoms with Gasteiger partial charge in [0.15, 0.2) is 5.78 Å². The van der Waals surface area contributed by atoms with Crippen molar-refractivity contribution < 1.29 is 14.4 Å². The molecular formula is C35H25BrN2O3. The maximum absolute atomic E-state index is 13.3. The number of nitrogens with one attached hydrogen (secondary N) is 2. The highest BCUT2D eigenvalue weighted by Gasteiger charge is 2.15. The number of hydrogen-bond donors (Lipinski definition) is 2. The molecule has 0 unspecified atom stereocenters. The summed E-state index contributed by atoms with van der Waals surface area (Å²) in [6.45, 7) is 0. The lowest BCUT2D eigenvalue weighted by Gasteiger charge is -2.12. The van der Waals surface area contributed by atoms with E-state index in [0.29, 0.717) is 16.8 Å². The van der Waals surface area contributed by atoms with E-state index in [2.05, 4.69) is 26.6 Å². The molecule has 0 radical (unpaired) electrons. The average molecular weight is 602 g/mol. The minimum atomic E-state index is -0.493. The van der Waals surface area contributed by atoms with Crippen LogP contribution in [0.25, 0.3) is 22.9 Å². The topological polar surface area (TPSA) is 75.3 Å². The van der Waals surface area contributed by atoms with Crippen LogP contribution in [-0.4, -0.2) is 17.6 Å². The number of hydrogen-bond acceptors (Lipinski definition) is 3. The summed E-state index contributed by atoms with van der Waals surface area (Å²) >= 11 is 3.40. The standard InChI is InChI=1S/C35H25BrN2O3/c36-29-18-13-24(14-19-29)23-32(38-34(40)28-8-2-1-3-9-28)35(41)37-30-20-15-27(16-21-30)33(39)22-17-26-11-6-10-25-7-4-5-12-31(25)26/h1-23H,(H,37,41)(H,38,40)/b22-17+,32-23-. The van der Waals surface area contributed by atoms with Crippen LogP contribution in [-0.2, 0) is 4.79 Å². The molecular weight excluding hydrogens is 576 g/mol. The second-order valence-corrected chi connectivity index (χ2v) is 10.1. The van der Waals surface area contributed by atoms with Gasteiger partial charge in [0.05, 0.1) is 0 Å². The average Bonchev–Trinajstić information content (AvgIpc) is 3.01. The summed E-state index contributed by atoms with van der Waals surface area (Å²) in [5.41, 5.74) is 3.19. The number of ketones is 1. The van der Waals surface area contributed by atoms with Gasteiger partial charge in [-0.2, -0.15) is 0 Å². The Bertz CT molecular complexity index is 1770. The predicted octanol–water partition coefficient (Wildman–Crippen LogP) is 7.91. The van der Waals surface area contributed by atoms with Crippen LogP contribution in [0.1, 0.15) is 31.8 Å². The van der Waals surface area contributed by atoms with Gasteiger partial charge in [0.2, 0.25) is 0 Å². The Hall–Kier alpha value is -5.07. The molecule has 0 fully saturated rings. The molecule has 200 valence electrons. The van der Waals surface area contributed by atoms with Crippen molar-refractivity contribution in [3.05, 3.63) is 160 Å². The molecule has 0 bridgehead atoms. The highest BCUT2D eigenvalue weighted by Crippen LogP contribution is 2.20. The van der Waals surface area contributed by atoms with Crippen LogP contribution >= 0.6 is 15.9 Å². The maximum Gasteiger partial charge on any atom is 0.272 e. The van der Waals surface area contributed by atoms with Gasteiger partial charge in [-0.05, 0) is 82.6 Å². The minimum absolute atomic E-state index is 0.0827. The second-order valence-electron chi connectivity index (χ2n) is 9.23. The van der Waals surface area contributed by atoms with Crippen LogP contribution in [0.2, 0.25) is 0 Å². The first-order chi connectivity index (χ1) is 20.0. The molecule has 2 amide bonds. The SMILES string of the molecule is O=C(Nc1ccc(C(=O)/C=C/c2cccc3ccccc23)cc1)/C(=C/c1ccc(Br)cc1)NC(=O)c1ccccc1. The van der Waals surface area contributed by atoms with Crippen molar-refractivity contribution in [2.75, 3.05) is 5.32 Å². The quantitative estimate of drug-likeness (QED) is 0.140. The van der Waals surface area contributed by atoms with Gasteiger partial charge in [0.25, 0.3) is 11.8 Å². The van der Waals surface area contributed by atoms with Gasteiger partial charge in [-0.15, -0.1) is 0 Å². The first-order valence-corrected chi connectivity index (χ1v) is 13.7. The Labute approximate surface area is 246 Å². The van der Waals surface area contributed by atoms with Gasteiger partial charge >= 0.3 is 0 Å². The van der Waals surface area contributed by atoms with E-state index in [-0.39, 0.29) is 11.5 Å².